The number of hydrogen-bond donors (Lipinski definition) is 2. The molecule has 2 N–H and O–H groups in total. The number of hydrogen-bond acceptors (Lipinski definition) is 8. The van der Waals surface area contributed by atoms with Crippen LogP contribution in [0, 0.1) is 5.82 Å². The Morgan fingerprint density at radius 2 is 1.89 bits per heavy atom. The first-order valence-corrected chi connectivity index (χ1v) is 12.3. The van der Waals surface area contributed by atoms with E-state index in [2.05, 4.69) is 35.6 Å². The van der Waals surface area contributed by atoms with Crippen LogP contribution in [0.25, 0.3) is 22.2 Å². The molecule has 1 atom stereocenters. The number of anilines is 1. The van der Waals surface area contributed by atoms with Gasteiger partial charge >= 0.3 is 0 Å². The summed E-state index contributed by atoms with van der Waals surface area (Å²) in [6.07, 6.45) is 8.09. The zero-order valence-electron chi connectivity index (χ0n) is 20.7. The first-order valence-electron chi connectivity index (χ1n) is 12.3. The molecule has 0 radical (unpaired) electrons. The summed E-state index contributed by atoms with van der Waals surface area (Å²) in [5.41, 5.74) is 3.04. The molecule has 4 heterocycles. The van der Waals surface area contributed by atoms with Gasteiger partial charge in [0.15, 0.2) is 5.82 Å². The number of nitrogens with zero attached hydrogens (tertiary/aromatic N) is 5. The smallest absolute Gasteiger partial charge is 0.254 e. The fraction of sp³-hybridized carbons (Fsp3) is 0.333. The number of aromatic nitrogens is 5. The molecule has 10 heteroatoms. The van der Waals surface area contributed by atoms with Gasteiger partial charge in [-0.2, -0.15) is 0 Å². The molecule has 1 amide bonds. The molecule has 0 spiro atoms. The Morgan fingerprint density at radius 1 is 1.11 bits per heavy atom. The maximum absolute atomic E-state index is 14.4. The summed E-state index contributed by atoms with van der Waals surface area (Å²) in [6.45, 7) is 4.08. The summed E-state index contributed by atoms with van der Waals surface area (Å²) < 4.78 is 19.8. The molecule has 1 saturated heterocycles. The van der Waals surface area contributed by atoms with Crippen molar-refractivity contribution in [2.75, 3.05) is 32.1 Å². The number of nitrogens with one attached hydrogen (secondary N) is 2. The normalized spacial score (nSPS) is 14.9. The third-order valence-electron chi connectivity index (χ3n) is 6.68. The van der Waals surface area contributed by atoms with Gasteiger partial charge in [0.1, 0.15) is 18.0 Å². The quantitative estimate of drug-likeness (QED) is 0.389. The van der Waals surface area contributed by atoms with Crippen LogP contribution in [0.15, 0.2) is 49.2 Å². The summed E-state index contributed by atoms with van der Waals surface area (Å²) in [5, 5.41) is 6.34. The van der Waals surface area contributed by atoms with Crippen LogP contribution in [0.3, 0.4) is 0 Å². The second kappa shape index (κ2) is 10.9. The number of benzene rings is 1. The van der Waals surface area contributed by atoms with E-state index in [0.717, 1.165) is 54.9 Å². The molecule has 1 aliphatic heterocycles. The standard InChI is InChI=1S/C27H28FN7O2/c1-16(19-4-3-5-20-24(27(36)29-2)21(28)14-31-25(19)20)11-30-23-10-22(34-15-35-23)18-12-32-26(33-13-18)17-6-8-37-9-7-17/h3-5,10,12-17H,6-9,11H2,1-2H3,(H,29,36)(H,30,34,35)/t16-/m1/s1. The topological polar surface area (TPSA) is 115 Å². The van der Waals surface area contributed by atoms with Crippen LogP contribution in [-0.4, -0.2) is 57.6 Å². The Bertz CT molecular complexity index is 1410. The summed E-state index contributed by atoms with van der Waals surface area (Å²) in [6, 6.07) is 7.33. The molecular weight excluding hydrogens is 473 g/mol. The molecule has 1 fully saturated rings. The van der Waals surface area contributed by atoms with Crippen LogP contribution in [0.1, 0.15) is 53.3 Å². The van der Waals surface area contributed by atoms with Crippen molar-refractivity contribution in [1.29, 1.82) is 0 Å². The van der Waals surface area contributed by atoms with Gasteiger partial charge < -0.3 is 15.4 Å². The van der Waals surface area contributed by atoms with Gasteiger partial charge in [0, 0.05) is 68.1 Å². The average Bonchev–Trinajstić information content (AvgIpc) is 2.96. The molecule has 0 aliphatic carbocycles. The van der Waals surface area contributed by atoms with Gasteiger partial charge in [-0.05, 0) is 18.4 Å². The van der Waals surface area contributed by atoms with Crippen molar-refractivity contribution >= 4 is 22.6 Å². The molecule has 0 unspecified atom stereocenters. The van der Waals surface area contributed by atoms with E-state index in [4.69, 9.17) is 4.74 Å². The van der Waals surface area contributed by atoms with Crippen LogP contribution in [0.2, 0.25) is 0 Å². The van der Waals surface area contributed by atoms with Gasteiger partial charge in [0.05, 0.1) is 23.0 Å². The van der Waals surface area contributed by atoms with Gasteiger partial charge in [-0.3, -0.25) is 9.78 Å². The average molecular weight is 502 g/mol. The predicted octanol–water partition coefficient (Wildman–Crippen LogP) is 4.09. The van der Waals surface area contributed by atoms with Crippen molar-refractivity contribution in [3.05, 3.63) is 72.0 Å². The lowest BCUT2D eigenvalue weighted by atomic mass is 9.96. The molecule has 0 saturated carbocycles. The van der Waals surface area contributed by atoms with Crippen LogP contribution < -0.4 is 10.6 Å². The molecule has 3 aromatic heterocycles. The van der Waals surface area contributed by atoms with Gasteiger partial charge in [0.2, 0.25) is 0 Å². The van der Waals surface area contributed by atoms with E-state index in [9.17, 15) is 9.18 Å². The summed E-state index contributed by atoms with van der Waals surface area (Å²) >= 11 is 0. The number of amides is 1. The van der Waals surface area contributed by atoms with Crippen molar-refractivity contribution in [1.82, 2.24) is 30.2 Å². The Balaban J connectivity index is 1.31. The van der Waals surface area contributed by atoms with Crippen molar-refractivity contribution < 1.29 is 13.9 Å². The molecule has 1 aliphatic rings. The van der Waals surface area contributed by atoms with E-state index in [1.165, 1.54) is 13.4 Å². The molecule has 9 nitrogen and oxygen atoms in total. The molecular formula is C27H28FN7O2. The molecule has 190 valence electrons. The summed E-state index contributed by atoms with van der Waals surface area (Å²) in [4.78, 5) is 34.4. The first-order chi connectivity index (χ1) is 18.0. The minimum atomic E-state index is -0.645. The second-order valence-electron chi connectivity index (χ2n) is 9.09. The number of rotatable bonds is 7. The van der Waals surface area contributed by atoms with Gasteiger partial charge in [-0.25, -0.2) is 24.3 Å². The van der Waals surface area contributed by atoms with Crippen molar-refractivity contribution in [3.63, 3.8) is 0 Å². The maximum atomic E-state index is 14.4. The minimum absolute atomic E-state index is 0.00000833. The van der Waals surface area contributed by atoms with Crippen molar-refractivity contribution in [2.24, 2.45) is 0 Å². The van der Waals surface area contributed by atoms with Gasteiger partial charge in [-0.1, -0.05) is 25.1 Å². The van der Waals surface area contributed by atoms with Crippen LogP contribution >= 0.6 is 0 Å². The van der Waals surface area contributed by atoms with Crippen molar-refractivity contribution in [3.8, 4) is 11.3 Å². The fourth-order valence-corrected chi connectivity index (χ4v) is 4.59. The molecule has 4 aromatic rings. The number of carbonyl (C=O) groups is 1. The van der Waals surface area contributed by atoms with E-state index >= 15 is 0 Å². The Hall–Kier alpha value is -4.05. The third-order valence-corrected chi connectivity index (χ3v) is 6.68. The largest absolute Gasteiger partial charge is 0.381 e. The first kappa shape index (κ1) is 24.6. The molecule has 1 aromatic carbocycles. The number of halogens is 1. The number of pyridine rings is 1. The lowest BCUT2D eigenvalue weighted by Crippen LogP contribution is -2.20. The van der Waals surface area contributed by atoms with Crippen LogP contribution in [-0.2, 0) is 4.74 Å². The highest BCUT2D eigenvalue weighted by molar-refractivity contribution is 6.06. The fourth-order valence-electron chi connectivity index (χ4n) is 4.59. The summed E-state index contributed by atoms with van der Waals surface area (Å²) in [7, 11) is 1.48. The van der Waals surface area contributed by atoms with Crippen molar-refractivity contribution in [2.45, 2.75) is 31.6 Å². The monoisotopic (exact) mass is 501 g/mol. The van der Waals surface area contributed by atoms with E-state index in [1.54, 1.807) is 18.5 Å². The molecule has 0 bridgehead atoms. The second-order valence-corrected chi connectivity index (χ2v) is 9.09. The van der Waals surface area contributed by atoms with Crippen LogP contribution in [0.4, 0.5) is 10.2 Å². The number of ether oxygens (including phenoxy) is 1. The zero-order chi connectivity index (χ0) is 25.8. The highest BCUT2D eigenvalue weighted by Gasteiger charge is 2.20. The number of para-hydroxylation sites is 1. The zero-order valence-corrected chi connectivity index (χ0v) is 20.7. The van der Waals surface area contributed by atoms with Crippen LogP contribution in [0.5, 0.6) is 0 Å². The maximum Gasteiger partial charge on any atom is 0.254 e. The Labute approximate surface area is 214 Å². The highest BCUT2D eigenvalue weighted by Crippen LogP contribution is 2.29. The van der Waals surface area contributed by atoms with Gasteiger partial charge in [-0.15, -0.1) is 0 Å². The van der Waals surface area contributed by atoms with Gasteiger partial charge in [0.25, 0.3) is 5.91 Å². The lowest BCUT2D eigenvalue weighted by molar-refractivity contribution is 0.0836. The highest BCUT2D eigenvalue weighted by atomic mass is 19.1. The predicted molar refractivity (Wildman–Crippen MR) is 138 cm³/mol. The molecule has 37 heavy (non-hydrogen) atoms. The Morgan fingerprint density at radius 3 is 2.65 bits per heavy atom. The SMILES string of the molecule is CNC(=O)c1c(F)cnc2c([C@H](C)CNc3cc(-c4cnc(C5CCOCC5)nc4)ncn3)cccc12. The minimum Gasteiger partial charge on any atom is -0.381 e. The van der Waals surface area contributed by atoms with E-state index in [1.807, 2.05) is 25.1 Å². The lowest BCUT2D eigenvalue weighted by Gasteiger charge is -2.20. The number of fused-ring (bicyclic) bond motifs is 1. The number of carbonyl (C=O) groups excluding carboxylic acids is 1. The Kier molecular flexibility index (Phi) is 7.27. The van der Waals surface area contributed by atoms with E-state index < -0.39 is 11.7 Å². The van der Waals surface area contributed by atoms with E-state index in [0.29, 0.717) is 29.2 Å². The summed E-state index contributed by atoms with van der Waals surface area (Å²) in [5.74, 6) is 0.713. The van der Waals surface area contributed by atoms with E-state index in [-0.39, 0.29) is 11.5 Å². The third kappa shape index (κ3) is 5.24. The molecule has 5 rings (SSSR count).